The van der Waals surface area contributed by atoms with Gasteiger partial charge in [-0.3, -0.25) is 9.89 Å². The lowest BCUT2D eigenvalue weighted by molar-refractivity contribution is -0.0179. The van der Waals surface area contributed by atoms with Crippen LogP contribution in [0.2, 0.25) is 0 Å². The number of hydrogen-bond acceptors (Lipinski definition) is 5. The van der Waals surface area contributed by atoms with E-state index in [1.54, 1.807) is 12.5 Å². The second kappa shape index (κ2) is 9.61. The number of rotatable bonds is 8. The van der Waals surface area contributed by atoms with E-state index in [1.807, 2.05) is 24.6 Å². The van der Waals surface area contributed by atoms with Crippen LogP contribution in [0, 0.1) is 0 Å². The molecule has 1 aliphatic rings. The number of aromatic nitrogens is 2. The van der Waals surface area contributed by atoms with E-state index in [0.717, 1.165) is 51.9 Å². The van der Waals surface area contributed by atoms with Crippen LogP contribution in [0.5, 0.6) is 0 Å². The standard InChI is InChI=1S/C16H30N6O2/c1-3-18-15(19-5-7-22-6-4-17-14-22)20-12-16(2,23)13-21-8-10-24-11-9-21/h4,6,14,23H,3,5,7-13H2,1-2H3,(H2,18,19,20). The Morgan fingerprint density at radius 3 is 2.83 bits per heavy atom. The summed E-state index contributed by atoms with van der Waals surface area (Å²) in [7, 11) is 0. The van der Waals surface area contributed by atoms with Gasteiger partial charge < -0.3 is 25.0 Å². The highest BCUT2D eigenvalue weighted by molar-refractivity contribution is 5.79. The second-order valence-electron chi connectivity index (χ2n) is 6.31. The number of guanidine groups is 1. The maximum absolute atomic E-state index is 10.6. The molecule has 0 aliphatic carbocycles. The first kappa shape index (κ1) is 18.7. The molecule has 8 nitrogen and oxygen atoms in total. The van der Waals surface area contributed by atoms with Crippen LogP contribution in [-0.2, 0) is 11.3 Å². The molecule has 1 saturated heterocycles. The summed E-state index contributed by atoms with van der Waals surface area (Å²) in [6, 6.07) is 0. The molecule has 0 amide bonds. The van der Waals surface area contributed by atoms with Gasteiger partial charge in [0.2, 0.25) is 0 Å². The minimum atomic E-state index is -0.857. The van der Waals surface area contributed by atoms with Crippen LogP contribution in [0.1, 0.15) is 13.8 Å². The van der Waals surface area contributed by atoms with Gasteiger partial charge in [-0.25, -0.2) is 4.98 Å². The van der Waals surface area contributed by atoms with Crippen LogP contribution in [-0.4, -0.2) is 83.6 Å². The van der Waals surface area contributed by atoms with Gasteiger partial charge in [0.25, 0.3) is 0 Å². The molecule has 3 N–H and O–H groups in total. The SMILES string of the molecule is CCNC(=NCC(C)(O)CN1CCOCC1)NCCn1ccnc1. The van der Waals surface area contributed by atoms with Crippen molar-refractivity contribution in [2.45, 2.75) is 26.0 Å². The van der Waals surface area contributed by atoms with Crippen molar-refractivity contribution in [1.29, 1.82) is 0 Å². The minimum absolute atomic E-state index is 0.352. The van der Waals surface area contributed by atoms with E-state index in [9.17, 15) is 5.11 Å². The predicted molar refractivity (Wildman–Crippen MR) is 94.1 cm³/mol. The van der Waals surface area contributed by atoms with Crippen molar-refractivity contribution < 1.29 is 9.84 Å². The summed E-state index contributed by atoms with van der Waals surface area (Å²) in [5.74, 6) is 0.722. The van der Waals surface area contributed by atoms with Crippen molar-refractivity contribution in [3.8, 4) is 0 Å². The highest BCUT2D eigenvalue weighted by atomic mass is 16.5. The molecule has 1 unspecified atom stereocenters. The topological polar surface area (TPSA) is 86.9 Å². The molecule has 0 radical (unpaired) electrons. The van der Waals surface area contributed by atoms with E-state index in [4.69, 9.17) is 4.74 Å². The molecule has 1 atom stereocenters. The van der Waals surface area contributed by atoms with Gasteiger partial charge in [0, 0.05) is 51.7 Å². The molecule has 0 bridgehead atoms. The van der Waals surface area contributed by atoms with Gasteiger partial charge in [-0.2, -0.15) is 0 Å². The molecule has 1 fully saturated rings. The number of aliphatic imine (C=N–C) groups is 1. The first-order valence-electron chi connectivity index (χ1n) is 8.59. The Hall–Kier alpha value is -1.64. The molecule has 136 valence electrons. The fourth-order valence-electron chi connectivity index (χ4n) is 2.60. The Kier molecular flexibility index (Phi) is 7.48. The van der Waals surface area contributed by atoms with Gasteiger partial charge in [0.1, 0.15) is 0 Å². The van der Waals surface area contributed by atoms with Crippen LogP contribution in [0.4, 0.5) is 0 Å². The number of β-amino-alcohol motifs (C(OH)–C–C–N with tert-alkyl or cyclic N) is 1. The lowest BCUT2D eigenvalue weighted by Crippen LogP contribution is -2.48. The third-order valence-corrected chi connectivity index (χ3v) is 3.81. The summed E-state index contributed by atoms with van der Waals surface area (Å²) in [6.45, 7) is 10.4. The van der Waals surface area contributed by atoms with Crippen LogP contribution in [0.3, 0.4) is 0 Å². The molecular formula is C16H30N6O2. The molecule has 2 rings (SSSR count). The molecule has 24 heavy (non-hydrogen) atoms. The number of nitrogens with zero attached hydrogens (tertiary/aromatic N) is 4. The lowest BCUT2D eigenvalue weighted by atomic mass is 10.1. The fourth-order valence-corrected chi connectivity index (χ4v) is 2.60. The third-order valence-electron chi connectivity index (χ3n) is 3.81. The molecule has 0 aromatic carbocycles. The quantitative estimate of drug-likeness (QED) is 0.438. The summed E-state index contributed by atoms with van der Waals surface area (Å²) >= 11 is 0. The van der Waals surface area contributed by atoms with E-state index in [2.05, 4.69) is 25.5 Å². The number of imidazole rings is 1. The normalized spacial score (nSPS) is 19.0. The van der Waals surface area contributed by atoms with Gasteiger partial charge in [0.15, 0.2) is 5.96 Å². The summed E-state index contributed by atoms with van der Waals surface area (Å²) in [5, 5.41) is 17.1. The Morgan fingerprint density at radius 2 is 2.17 bits per heavy atom. The molecular weight excluding hydrogens is 308 g/mol. The van der Waals surface area contributed by atoms with Crippen molar-refractivity contribution in [1.82, 2.24) is 25.1 Å². The van der Waals surface area contributed by atoms with Crippen LogP contribution in [0.25, 0.3) is 0 Å². The summed E-state index contributed by atoms with van der Waals surface area (Å²) < 4.78 is 7.35. The van der Waals surface area contributed by atoms with Crippen LogP contribution < -0.4 is 10.6 Å². The first-order valence-corrected chi connectivity index (χ1v) is 8.59. The molecule has 0 saturated carbocycles. The maximum Gasteiger partial charge on any atom is 0.191 e. The van der Waals surface area contributed by atoms with E-state index in [0.29, 0.717) is 13.1 Å². The van der Waals surface area contributed by atoms with Crippen molar-refractivity contribution in [3.63, 3.8) is 0 Å². The first-order chi connectivity index (χ1) is 11.6. The van der Waals surface area contributed by atoms with Crippen molar-refractivity contribution in [3.05, 3.63) is 18.7 Å². The van der Waals surface area contributed by atoms with Gasteiger partial charge in [-0.15, -0.1) is 0 Å². The Balaban J connectivity index is 1.79. The molecule has 1 aliphatic heterocycles. The molecule has 1 aromatic rings. The van der Waals surface area contributed by atoms with E-state index >= 15 is 0 Å². The van der Waals surface area contributed by atoms with Gasteiger partial charge >= 0.3 is 0 Å². The summed E-state index contributed by atoms with van der Waals surface area (Å²) in [4.78, 5) is 10.8. The monoisotopic (exact) mass is 338 g/mol. The Morgan fingerprint density at radius 1 is 1.38 bits per heavy atom. The predicted octanol–water partition coefficient (Wildman–Crippen LogP) is -0.479. The number of hydrogen-bond donors (Lipinski definition) is 3. The zero-order chi connectivity index (χ0) is 17.3. The summed E-state index contributed by atoms with van der Waals surface area (Å²) in [5.41, 5.74) is -0.857. The van der Waals surface area contributed by atoms with E-state index in [-0.39, 0.29) is 0 Å². The van der Waals surface area contributed by atoms with Gasteiger partial charge in [-0.1, -0.05) is 0 Å². The van der Waals surface area contributed by atoms with E-state index in [1.165, 1.54) is 0 Å². The Labute approximate surface area is 143 Å². The largest absolute Gasteiger partial charge is 0.387 e. The number of aliphatic hydroxyl groups is 1. The average molecular weight is 338 g/mol. The third kappa shape index (κ3) is 6.86. The number of nitrogens with one attached hydrogen (secondary N) is 2. The zero-order valence-corrected chi connectivity index (χ0v) is 14.7. The van der Waals surface area contributed by atoms with Crippen LogP contribution in [0.15, 0.2) is 23.7 Å². The molecule has 2 heterocycles. The van der Waals surface area contributed by atoms with Gasteiger partial charge in [-0.05, 0) is 13.8 Å². The zero-order valence-electron chi connectivity index (χ0n) is 14.7. The number of morpholine rings is 1. The highest BCUT2D eigenvalue weighted by Crippen LogP contribution is 2.09. The highest BCUT2D eigenvalue weighted by Gasteiger charge is 2.25. The van der Waals surface area contributed by atoms with Gasteiger partial charge in [0.05, 0.1) is 31.7 Å². The second-order valence-corrected chi connectivity index (χ2v) is 6.31. The number of ether oxygens (including phenoxy) is 1. The van der Waals surface area contributed by atoms with Crippen molar-refractivity contribution in [2.75, 3.05) is 52.5 Å². The van der Waals surface area contributed by atoms with Crippen molar-refractivity contribution >= 4 is 5.96 Å². The fraction of sp³-hybridized carbons (Fsp3) is 0.750. The average Bonchev–Trinajstić information content (AvgIpc) is 3.06. The molecule has 8 heteroatoms. The molecule has 1 aromatic heterocycles. The maximum atomic E-state index is 10.6. The van der Waals surface area contributed by atoms with E-state index < -0.39 is 5.60 Å². The molecule has 0 spiro atoms. The minimum Gasteiger partial charge on any atom is -0.387 e. The van der Waals surface area contributed by atoms with Crippen LogP contribution >= 0.6 is 0 Å². The summed E-state index contributed by atoms with van der Waals surface area (Å²) in [6.07, 6.45) is 5.49. The van der Waals surface area contributed by atoms with Crippen molar-refractivity contribution in [2.24, 2.45) is 4.99 Å². The Bertz CT molecular complexity index is 483. The lowest BCUT2D eigenvalue weighted by Gasteiger charge is -2.33. The smallest absolute Gasteiger partial charge is 0.191 e.